The first kappa shape index (κ1) is 23.8. The Morgan fingerprint density at radius 2 is 1.45 bits per heavy atom. The van der Waals surface area contributed by atoms with Crippen LogP contribution in [0.2, 0.25) is 0 Å². The van der Waals surface area contributed by atoms with Crippen molar-refractivity contribution in [3.8, 4) is 22.9 Å². The number of ether oxygens (including phenoxy) is 2. The van der Waals surface area contributed by atoms with Gasteiger partial charge in [0.05, 0.1) is 24.9 Å². The average Bonchev–Trinajstić information content (AvgIpc) is 3.60. The Balaban J connectivity index is 1.32. The molecule has 38 heavy (non-hydrogen) atoms. The predicted octanol–water partition coefficient (Wildman–Crippen LogP) is 6.85. The highest BCUT2D eigenvalue weighted by Gasteiger charge is 2.41. The zero-order valence-electron chi connectivity index (χ0n) is 20.8. The maximum Gasteiger partial charge on any atom is 0.174 e. The van der Waals surface area contributed by atoms with Crippen LogP contribution in [0.3, 0.4) is 0 Å². The van der Waals surface area contributed by atoms with Gasteiger partial charge in [-0.05, 0) is 96.6 Å². The second-order valence-electron chi connectivity index (χ2n) is 8.96. The van der Waals surface area contributed by atoms with Crippen molar-refractivity contribution in [3.63, 3.8) is 0 Å². The van der Waals surface area contributed by atoms with Gasteiger partial charge in [0, 0.05) is 30.0 Å². The summed E-state index contributed by atoms with van der Waals surface area (Å²) in [5.41, 5.74) is 4.15. The fourth-order valence-corrected chi connectivity index (χ4v) is 5.12. The van der Waals surface area contributed by atoms with E-state index in [-0.39, 0.29) is 12.1 Å². The zero-order chi connectivity index (χ0) is 25.9. The molecule has 2 aromatic heterocycles. The normalized spacial score (nSPS) is 16.8. The Morgan fingerprint density at radius 3 is 2.13 bits per heavy atom. The van der Waals surface area contributed by atoms with Crippen LogP contribution in [-0.2, 0) is 0 Å². The van der Waals surface area contributed by atoms with E-state index in [1.54, 1.807) is 7.11 Å². The van der Waals surface area contributed by atoms with Gasteiger partial charge in [-0.3, -0.25) is 4.98 Å². The summed E-state index contributed by atoms with van der Waals surface area (Å²) in [6.07, 6.45) is 6.07. The molecule has 1 N–H and O–H groups in total. The highest BCUT2D eigenvalue weighted by Crippen LogP contribution is 2.42. The summed E-state index contributed by atoms with van der Waals surface area (Å²) < 4.78 is 13.4. The second kappa shape index (κ2) is 10.4. The van der Waals surface area contributed by atoms with Gasteiger partial charge >= 0.3 is 0 Å². The largest absolute Gasteiger partial charge is 0.497 e. The van der Waals surface area contributed by atoms with E-state index in [1.807, 2.05) is 91.1 Å². The van der Waals surface area contributed by atoms with E-state index in [0.29, 0.717) is 5.11 Å². The van der Waals surface area contributed by atoms with Crippen LogP contribution in [0.1, 0.15) is 23.3 Å². The monoisotopic (exact) mass is 518 g/mol. The molecule has 0 aliphatic carbocycles. The summed E-state index contributed by atoms with van der Waals surface area (Å²) in [6.45, 7) is 0. The number of pyridine rings is 1. The van der Waals surface area contributed by atoms with Crippen LogP contribution in [0, 0.1) is 0 Å². The molecule has 0 saturated carbocycles. The molecule has 1 aliphatic heterocycles. The van der Waals surface area contributed by atoms with Crippen LogP contribution in [0.4, 0.5) is 5.69 Å². The van der Waals surface area contributed by atoms with Gasteiger partial charge in [0.1, 0.15) is 17.2 Å². The summed E-state index contributed by atoms with van der Waals surface area (Å²) in [4.78, 5) is 6.82. The first-order valence-corrected chi connectivity index (χ1v) is 12.8. The standard InChI is InChI=1S/C31H26N4O2S/c1-36-25-14-16-27(17-15-25)37-26-12-10-24(11-13-26)35-30(29(33-31(35)38)28-9-5-6-19-32-28)22-18-20-34(21-22)23-7-3-2-4-8-23/h2-21,29-30H,1H3,(H,33,38). The van der Waals surface area contributed by atoms with Gasteiger partial charge in [0.15, 0.2) is 5.11 Å². The molecule has 0 radical (unpaired) electrons. The Bertz CT molecular complexity index is 1520. The predicted molar refractivity (Wildman–Crippen MR) is 153 cm³/mol. The van der Waals surface area contributed by atoms with Gasteiger partial charge in [-0.1, -0.05) is 24.3 Å². The van der Waals surface area contributed by atoms with Crippen molar-refractivity contribution in [2.24, 2.45) is 0 Å². The number of hydrogen-bond donors (Lipinski definition) is 1. The van der Waals surface area contributed by atoms with Crippen molar-refractivity contribution in [3.05, 3.63) is 133 Å². The Labute approximate surface area is 227 Å². The molecule has 188 valence electrons. The molecule has 2 atom stereocenters. The number of nitrogens with zero attached hydrogens (tertiary/aromatic N) is 3. The highest BCUT2D eigenvalue weighted by atomic mass is 32.1. The van der Waals surface area contributed by atoms with Crippen LogP contribution in [0.5, 0.6) is 17.2 Å². The minimum absolute atomic E-state index is 0.0873. The van der Waals surface area contributed by atoms with Crippen molar-refractivity contribution in [1.82, 2.24) is 14.9 Å². The molecular formula is C31H26N4O2S. The van der Waals surface area contributed by atoms with Gasteiger partial charge in [-0.2, -0.15) is 0 Å². The number of thiocarbonyl (C=S) groups is 1. The van der Waals surface area contributed by atoms with E-state index in [2.05, 4.69) is 50.4 Å². The van der Waals surface area contributed by atoms with Crippen molar-refractivity contribution in [2.45, 2.75) is 12.1 Å². The average molecular weight is 519 g/mol. The zero-order valence-corrected chi connectivity index (χ0v) is 21.6. The van der Waals surface area contributed by atoms with E-state index < -0.39 is 0 Å². The summed E-state index contributed by atoms with van der Waals surface area (Å²) in [7, 11) is 1.65. The first-order valence-electron chi connectivity index (χ1n) is 12.4. The SMILES string of the molecule is COc1ccc(Oc2ccc(N3C(=S)NC(c4ccccn4)C3c3ccn(-c4ccccc4)c3)cc2)cc1. The quantitative estimate of drug-likeness (QED) is 0.238. The van der Waals surface area contributed by atoms with Crippen molar-refractivity contribution < 1.29 is 9.47 Å². The summed E-state index contributed by atoms with van der Waals surface area (Å²) in [5, 5.41) is 4.18. The van der Waals surface area contributed by atoms with Gasteiger partial charge in [0.2, 0.25) is 0 Å². The van der Waals surface area contributed by atoms with E-state index in [1.165, 1.54) is 0 Å². The molecule has 6 nitrogen and oxygen atoms in total. The molecular weight excluding hydrogens is 492 g/mol. The fourth-order valence-electron chi connectivity index (χ4n) is 4.78. The van der Waals surface area contributed by atoms with Crippen molar-refractivity contribution >= 4 is 23.0 Å². The molecule has 0 spiro atoms. The van der Waals surface area contributed by atoms with Crippen molar-refractivity contribution in [2.75, 3.05) is 12.0 Å². The van der Waals surface area contributed by atoms with Crippen LogP contribution in [0.25, 0.3) is 5.69 Å². The lowest BCUT2D eigenvalue weighted by Crippen LogP contribution is -2.29. The summed E-state index contributed by atoms with van der Waals surface area (Å²) in [6, 6.07) is 33.7. The number of aromatic nitrogens is 2. The highest BCUT2D eigenvalue weighted by molar-refractivity contribution is 7.80. The molecule has 0 bridgehead atoms. The van der Waals surface area contributed by atoms with Crippen LogP contribution in [0.15, 0.2) is 122 Å². The molecule has 2 unspecified atom stereocenters. The van der Waals surface area contributed by atoms with Gasteiger partial charge in [0.25, 0.3) is 0 Å². The fraction of sp³-hybridized carbons (Fsp3) is 0.0968. The minimum Gasteiger partial charge on any atom is -0.497 e. The lowest BCUT2D eigenvalue weighted by Gasteiger charge is -2.27. The molecule has 0 amide bonds. The molecule has 3 aromatic carbocycles. The maximum atomic E-state index is 6.04. The second-order valence-corrected chi connectivity index (χ2v) is 9.34. The van der Waals surface area contributed by atoms with Crippen LogP contribution < -0.4 is 19.7 Å². The third kappa shape index (κ3) is 4.71. The van der Waals surface area contributed by atoms with Gasteiger partial charge in [-0.25, -0.2) is 0 Å². The van der Waals surface area contributed by atoms with E-state index in [4.69, 9.17) is 21.7 Å². The Hall–Kier alpha value is -4.62. The minimum atomic E-state index is -0.106. The molecule has 5 aromatic rings. The van der Waals surface area contributed by atoms with E-state index in [0.717, 1.165) is 39.9 Å². The smallest absolute Gasteiger partial charge is 0.174 e. The topological polar surface area (TPSA) is 51.6 Å². The van der Waals surface area contributed by atoms with Crippen LogP contribution >= 0.6 is 12.2 Å². The summed E-state index contributed by atoms with van der Waals surface area (Å²) in [5.74, 6) is 2.27. The number of benzene rings is 3. The van der Waals surface area contributed by atoms with E-state index >= 15 is 0 Å². The number of para-hydroxylation sites is 1. The molecule has 7 heteroatoms. The molecule has 1 fully saturated rings. The van der Waals surface area contributed by atoms with Crippen LogP contribution in [-0.4, -0.2) is 21.8 Å². The first-order chi connectivity index (χ1) is 18.7. The Morgan fingerprint density at radius 1 is 0.763 bits per heavy atom. The van der Waals surface area contributed by atoms with E-state index in [9.17, 15) is 0 Å². The number of methoxy groups -OCH3 is 1. The molecule has 6 rings (SSSR count). The summed E-state index contributed by atoms with van der Waals surface area (Å²) >= 11 is 5.88. The van der Waals surface area contributed by atoms with Crippen molar-refractivity contribution in [1.29, 1.82) is 0 Å². The maximum absolute atomic E-state index is 6.04. The van der Waals surface area contributed by atoms with Gasteiger partial charge < -0.3 is 24.3 Å². The lowest BCUT2D eigenvalue weighted by molar-refractivity contribution is 0.413. The Kier molecular flexibility index (Phi) is 6.50. The third-order valence-electron chi connectivity index (χ3n) is 6.62. The number of nitrogens with one attached hydrogen (secondary N) is 1. The molecule has 1 saturated heterocycles. The number of anilines is 1. The molecule has 3 heterocycles. The lowest BCUT2D eigenvalue weighted by atomic mass is 9.98. The molecule has 1 aliphatic rings. The number of hydrogen-bond acceptors (Lipinski definition) is 4. The van der Waals surface area contributed by atoms with Gasteiger partial charge in [-0.15, -0.1) is 0 Å². The third-order valence-corrected chi connectivity index (χ3v) is 6.93. The number of rotatable bonds is 7.